The van der Waals surface area contributed by atoms with Crippen LogP contribution in [0.15, 0.2) is 48.5 Å². The maximum atomic E-state index is 13.6. The van der Waals surface area contributed by atoms with Crippen LogP contribution in [0.2, 0.25) is 0 Å². The second kappa shape index (κ2) is 14.2. The minimum Gasteiger partial charge on any atom is -0.493 e. The quantitative estimate of drug-likeness (QED) is 0.156. The largest absolute Gasteiger partial charge is 0.493 e. The van der Waals surface area contributed by atoms with Gasteiger partial charge in [0.05, 0.1) is 37.1 Å². The van der Waals surface area contributed by atoms with E-state index in [1.54, 1.807) is 76.2 Å². The number of benzene rings is 2. The highest BCUT2D eigenvalue weighted by atomic mass is 16.6. The molecular formula is C31H42O9. The fourth-order valence-electron chi connectivity index (χ4n) is 4.72. The van der Waals surface area contributed by atoms with Crippen molar-refractivity contribution in [1.29, 1.82) is 0 Å². The van der Waals surface area contributed by atoms with Crippen molar-refractivity contribution < 1.29 is 42.8 Å². The lowest BCUT2D eigenvalue weighted by molar-refractivity contribution is -0.165. The molecule has 40 heavy (non-hydrogen) atoms. The van der Waals surface area contributed by atoms with Gasteiger partial charge in [-0.2, -0.15) is 0 Å². The third-order valence-electron chi connectivity index (χ3n) is 7.00. The Morgan fingerprint density at radius 3 is 1.55 bits per heavy atom. The molecule has 2 unspecified atom stereocenters. The first-order valence-electron chi connectivity index (χ1n) is 13.2. The Balaban J connectivity index is 2.38. The molecule has 0 amide bonds. The van der Waals surface area contributed by atoms with Gasteiger partial charge in [-0.25, -0.2) is 0 Å². The molecule has 0 N–H and O–H groups in total. The second-order valence-corrected chi connectivity index (χ2v) is 10.9. The van der Waals surface area contributed by atoms with Crippen LogP contribution in [0.1, 0.15) is 53.9 Å². The van der Waals surface area contributed by atoms with Crippen LogP contribution in [-0.2, 0) is 23.9 Å². The van der Waals surface area contributed by atoms with E-state index >= 15 is 0 Å². The van der Waals surface area contributed by atoms with Gasteiger partial charge in [-0.1, -0.05) is 31.2 Å². The lowest BCUT2D eigenvalue weighted by Gasteiger charge is -2.39. The third kappa shape index (κ3) is 8.21. The molecule has 2 aromatic rings. The Bertz CT molecular complexity index is 1160. The van der Waals surface area contributed by atoms with Crippen molar-refractivity contribution in [1.82, 2.24) is 0 Å². The summed E-state index contributed by atoms with van der Waals surface area (Å²) in [7, 11) is 4.48. The maximum absolute atomic E-state index is 13.6. The predicted octanol–water partition coefficient (Wildman–Crippen LogP) is 5.63. The van der Waals surface area contributed by atoms with Crippen molar-refractivity contribution in [2.45, 2.75) is 53.9 Å². The van der Waals surface area contributed by atoms with Crippen molar-refractivity contribution in [3.63, 3.8) is 0 Å². The Kier molecular flexibility index (Phi) is 11.5. The molecule has 0 spiro atoms. The average molecular weight is 559 g/mol. The van der Waals surface area contributed by atoms with Gasteiger partial charge in [0.2, 0.25) is 0 Å². The van der Waals surface area contributed by atoms with Crippen LogP contribution in [0.4, 0.5) is 0 Å². The summed E-state index contributed by atoms with van der Waals surface area (Å²) in [5.41, 5.74) is -3.50. The number of methoxy groups -OCH3 is 3. The zero-order valence-corrected chi connectivity index (χ0v) is 24.8. The summed E-state index contributed by atoms with van der Waals surface area (Å²) in [6.07, 6.45) is 0.465. The number of hydrogen-bond acceptors (Lipinski definition) is 9. The number of rotatable bonds is 15. The molecule has 0 fully saturated rings. The average Bonchev–Trinajstić information content (AvgIpc) is 2.93. The number of carbonyl (C=O) groups is 3. The fraction of sp³-hybridized carbons (Fsp3) is 0.516. The van der Waals surface area contributed by atoms with Gasteiger partial charge in [0.1, 0.15) is 6.61 Å². The van der Waals surface area contributed by atoms with E-state index in [0.29, 0.717) is 17.9 Å². The van der Waals surface area contributed by atoms with E-state index < -0.39 is 34.2 Å². The van der Waals surface area contributed by atoms with E-state index in [0.717, 1.165) is 0 Å². The maximum Gasteiger partial charge on any atom is 0.317 e. The van der Waals surface area contributed by atoms with Crippen molar-refractivity contribution >= 4 is 17.9 Å². The minimum absolute atomic E-state index is 0.0332. The first-order chi connectivity index (χ1) is 18.9. The van der Waals surface area contributed by atoms with E-state index in [-0.39, 0.29) is 37.6 Å². The highest BCUT2D eigenvalue weighted by Gasteiger charge is 2.50. The molecule has 220 valence electrons. The third-order valence-corrected chi connectivity index (χ3v) is 7.00. The molecular weight excluding hydrogens is 516 g/mol. The summed E-state index contributed by atoms with van der Waals surface area (Å²) in [6.45, 7) is 8.93. The zero-order chi connectivity index (χ0) is 30.0. The van der Waals surface area contributed by atoms with Crippen molar-refractivity contribution in [2.75, 3.05) is 34.5 Å². The van der Waals surface area contributed by atoms with E-state index in [1.807, 2.05) is 6.92 Å². The molecule has 9 nitrogen and oxygen atoms in total. The van der Waals surface area contributed by atoms with E-state index in [2.05, 4.69) is 0 Å². The molecule has 2 rings (SSSR count). The van der Waals surface area contributed by atoms with Gasteiger partial charge in [-0.3, -0.25) is 14.4 Å². The fourth-order valence-corrected chi connectivity index (χ4v) is 4.72. The normalized spacial score (nSPS) is 14.3. The number of carbonyl (C=O) groups excluding carboxylic acids is 3. The Labute approximate surface area is 237 Å². The van der Waals surface area contributed by atoms with Gasteiger partial charge in [0.15, 0.2) is 23.0 Å². The lowest BCUT2D eigenvalue weighted by Crippen LogP contribution is -2.45. The van der Waals surface area contributed by atoms with Crippen molar-refractivity contribution in [3.05, 3.63) is 48.5 Å². The van der Waals surface area contributed by atoms with Crippen LogP contribution in [0.3, 0.4) is 0 Å². The molecule has 0 aliphatic heterocycles. The standard InChI is InChI=1S/C31H42O9/c1-9-30(4,28(34)40-25-17-13-11-15-23(25)37-8)21-31(5,27(33)38-19-18-35-6)20-29(2,3)26(32)39-24-16-12-10-14-22(24)36-7/h10-17H,9,18-21H2,1-8H3. The molecule has 0 aromatic heterocycles. The van der Waals surface area contributed by atoms with Crippen LogP contribution in [0.5, 0.6) is 23.0 Å². The van der Waals surface area contributed by atoms with E-state index in [9.17, 15) is 14.4 Å². The van der Waals surface area contributed by atoms with Crippen molar-refractivity contribution in [2.24, 2.45) is 16.2 Å². The topological polar surface area (TPSA) is 107 Å². The van der Waals surface area contributed by atoms with Gasteiger partial charge in [-0.15, -0.1) is 0 Å². The smallest absolute Gasteiger partial charge is 0.317 e. The summed E-state index contributed by atoms with van der Waals surface area (Å²) in [5, 5.41) is 0. The first kappa shape index (κ1) is 32.6. The molecule has 0 heterocycles. The molecule has 0 aliphatic rings. The highest BCUT2D eigenvalue weighted by Crippen LogP contribution is 2.46. The predicted molar refractivity (Wildman–Crippen MR) is 150 cm³/mol. The SMILES string of the molecule is CCC(C)(CC(C)(CC(C)(C)C(=O)Oc1ccccc1OC)C(=O)OCCOC)C(=O)Oc1ccccc1OC. The highest BCUT2D eigenvalue weighted by molar-refractivity contribution is 5.84. The van der Waals surface area contributed by atoms with Crippen LogP contribution in [0.25, 0.3) is 0 Å². The molecule has 2 aromatic carbocycles. The number of ether oxygens (including phenoxy) is 6. The lowest BCUT2D eigenvalue weighted by atomic mass is 9.65. The van der Waals surface area contributed by atoms with E-state index in [1.165, 1.54) is 21.3 Å². The Morgan fingerprint density at radius 1 is 0.625 bits per heavy atom. The van der Waals surface area contributed by atoms with Gasteiger partial charge >= 0.3 is 17.9 Å². The van der Waals surface area contributed by atoms with Crippen molar-refractivity contribution in [3.8, 4) is 23.0 Å². The summed E-state index contributed by atoms with van der Waals surface area (Å²) >= 11 is 0. The van der Waals surface area contributed by atoms with Crippen LogP contribution in [-0.4, -0.2) is 52.5 Å². The molecule has 0 saturated carbocycles. The van der Waals surface area contributed by atoms with Gasteiger partial charge in [-0.05, 0) is 71.2 Å². The van der Waals surface area contributed by atoms with Gasteiger partial charge < -0.3 is 28.4 Å². The zero-order valence-electron chi connectivity index (χ0n) is 24.8. The molecule has 0 aliphatic carbocycles. The number of hydrogen-bond donors (Lipinski definition) is 0. The molecule has 9 heteroatoms. The minimum atomic E-state index is -1.26. The number of para-hydroxylation sites is 4. The summed E-state index contributed by atoms with van der Waals surface area (Å²) in [4.78, 5) is 40.5. The molecule has 0 saturated heterocycles. The van der Waals surface area contributed by atoms with Crippen LogP contribution in [0, 0.1) is 16.2 Å². The monoisotopic (exact) mass is 558 g/mol. The summed E-state index contributed by atoms with van der Waals surface area (Å²) < 4.78 is 32.6. The van der Waals surface area contributed by atoms with E-state index in [4.69, 9.17) is 28.4 Å². The van der Waals surface area contributed by atoms with Gasteiger partial charge in [0.25, 0.3) is 0 Å². The molecule has 2 atom stereocenters. The Hall–Kier alpha value is -3.59. The van der Waals surface area contributed by atoms with Crippen LogP contribution < -0.4 is 18.9 Å². The van der Waals surface area contributed by atoms with Gasteiger partial charge in [0, 0.05) is 7.11 Å². The summed E-state index contributed by atoms with van der Waals surface area (Å²) in [5.74, 6) is -0.256. The summed E-state index contributed by atoms with van der Waals surface area (Å²) in [6, 6.07) is 13.7. The number of esters is 3. The molecule has 0 bridgehead atoms. The van der Waals surface area contributed by atoms with Crippen LogP contribution >= 0.6 is 0 Å². The first-order valence-corrected chi connectivity index (χ1v) is 13.2. The Morgan fingerprint density at radius 2 is 1.10 bits per heavy atom. The second-order valence-electron chi connectivity index (χ2n) is 10.9. The molecule has 0 radical (unpaired) electrons.